The van der Waals surface area contributed by atoms with E-state index < -0.39 is 24.6 Å². The molecule has 1 fully saturated rings. The van der Waals surface area contributed by atoms with Crippen LogP contribution in [0.5, 0.6) is 0 Å². The van der Waals surface area contributed by atoms with Crippen LogP contribution < -0.4 is 0 Å². The summed E-state index contributed by atoms with van der Waals surface area (Å²) in [4.78, 5) is 0. The molecule has 0 N–H and O–H groups in total. The van der Waals surface area contributed by atoms with E-state index in [9.17, 15) is 13.2 Å². The highest BCUT2D eigenvalue weighted by molar-refractivity contribution is 5.65. The van der Waals surface area contributed by atoms with Crippen molar-refractivity contribution in [2.75, 3.05) is 13.2 Å². The van der Waals surface area contributed by atoms with E-state index in [1.165, 1.54) is 18.2 Å². The van der Waals surface area contributed by atoms with E-state index in [0.29, 0.717) is 24.3 Å². The Bertz CT molecular complexity index is 737. The largest absolute Gasteiger partial charge is 0.348 e. The van der Waals surface area contributed by atoms with Crippen LogP contribution in [-0.2, 0) is 16.1 Å². The van der Waals surface area contributed by atoms with E-state index in [-0.39, 0.29) is 17.0 Å². The van der Waals surface area contributed by atoms with E-state index in [2.05, 4.69) is 6.58 Å². The Hall–Kier alpha value is -2.11. The summed E-state index contributed by atoms with van der Waals surface area (Å²) in [5.74, 6) is -1.08. The summed E-state index contributed by atoms with van der Waals surface area (Å²) in [6, 6.07) is 8.49. The van der Waals surface area contributed by atoms with Gasteiger partial charge in [0.25, 0.3) is 0 Å². The highest BCUT2D eigenvalue weighted by atomic mass is 19.1. The van der Waals surface area contributed by atoms with E-state index in [1.807, 2.05) is 0 Å². The van der Waals surface area contributed by atoms with Gasteiger partial charge in [-0.15, -0.1) is 6.58 Å². The molecule has 2 nitrogen and oxygen atoms in total. The molecule has 126 valence electrons. The van der Waals surface area contributed by atoms with E-state index >= 15 is 0 Å². The van der Waals surface area contributed by atoms with Crippen molar-refractivity contribution in [1.29, 1.82) is 0 Å². The predicted molar refractivity (Wildman–Crippen MR) is 84.9 cm³/mol. The Morgan fingerprint density at radius 3 is 2.38 bits per heavy atom. The first-order valence-corrected chi connectivity index (χ1v) is 7.62. The lowest BCUT2D eigenvalue weighted by Crippen LogP contribution is -2.25. The van der Waals surface area contributed by atoms with Crippen molar-refractivity contribution in [1.82, 2.24) is 0 Å². The molecule has 0 aromatic heterocycles. The van der Waals surface area contributed by atoms with Gasteiger partial charge in [-0.05, 0) is 17.7 Å². The summed E-state index contributed by atoms with van der Waals surface area (Å²) in [5, 5.41) is 0. The van der Waals surface area contributed by atoms with Crippen molar-refractivity contribution >= 4 is 0 Å². The van der Waals surface area contributed by atoms with Gasteiger partial charge in [0.15, 0.2) is 6.29 Å². The highest BCUT2D eigenvalue weighted by Gasteiger charge is 2.22. The topological polar surface area (TPSA) is 18.5 Å². The molecule has 0 saturated carbocycles. The van der Waals surface area contributed by atoms with Gasteiger partial charge in [-0.3, -0.25) is 0 Å². The van der Waals surface area contributed by atoms with Crippen molar-refractivity contribution in [2.24, 2.45) is 5.92 Å². The van der Waals surface area contributed by atoms with Gasteiger partial charge < -0.3 is 9.47 Å². The Balaban J connectivity index is 1.82. The standard InChI is InChI=1S/C19H17F3O2/c1-2-12-10-23-19(24-11-12)14-5-6-16(18(22)8-14)13-3-4-15(9-20)17(21)7-13/h2-8,12,19H,1,9-11H2. The van der Waals surface area contributed by atoms with Crippen molar-refractivity contribution < 1.29 is 22.6 Å². The number of ether oxygens (including phenoxy) is 2. The Kier molecular flexibility index (Phi) is 5.02. The van der Waals surface area contributed by atoms with Gasteiger partial charge in [-0.1, -0.05) is 30.3 Å². The Morgan fingerprint density at radius 1 is 1.04 bits per heavy atom. The SMILES string of the molecule is C=CC1COC(c2ccc(-c3ccc(CF)c(F)c3)c(F)c2)OC1. The molecular weight excluding hydrogens is 317 g/mol. The second-order valence-electron chi connectivity index (χ2n) is 5.67. The maximum atomic E-state index is 14.4. The second-order valence-corrected chi connectivity index (χ2v) is 5.67. The van der Waals surface area contributed by atoms with Crippen LogP contribution in [-0.4, -0.2) is 13.2 Å². The molecule has 0 amide bonds. The molecule has 2 aromatic carbocycles. The summed E-state index contributed by atoms with van der Waals surface area (Å²) in [6.07, 6.45) is 1.13. The van der Waals surface area contributed by atoms with Crippen molar-refractivity contribution in [2.45, 2.75) is 13.0 Å². The number of alkyl halides is 1. The van der Waals surface area contributed by atoms with Crippen LogP contribution >= 0.6 is 0 Å². The minimum absolute atomic E-state index is 0.0449. The summed E-state index contributed by atoms with van der Waals surface area (Å²) in [5.41, 5.74) is 1.10. The lowest BCUT2D eigenvalue weighted by molar-refractivity contribution is -0.197. The number of benzene rings is 2. The third kappa shape index (κ3) is 3.37. The van der Waals surface area contributed by atoms with Gasteiger partial charge in [0.1, 0.15) is 18.3 Å². The summed E-state index contributed by atoms with van der Waals surface area (Å²) >= 11 is 0. The fourth-order valence-corrected chi connectivity index (χ4v) is 2.58. The quantitative estimate of drug-likeness (QED) is 0.737. The van der Waals surface area contributed by atoms with Crippen LogP contribution in [0.2, 0.25) is 0 Å². The lowest BCUT2D eigenvalue weighted by atomic mass is 10.0. The van der Waals surface area contributed by atoms with Gasteiger partial charge in [0.05, 0.1) is 13.2 Å². The van der Waals surface area contributed by atoms with Crippen LogP contribution in [0.3, 0.4) is 0 Å². The normalized spacial score (nSPS) is 20.8. The smallest absolute Gasteiger partial charge is 0.183 e. The van der Waals surface area contributed by atoms with Gasteiger partial charge in [0.2, 0.25) is 0 Å². The van der Waals surface area contributed by atoms with Crippen LogP contribution in [0.15, 0.2) is 49.1 Å². The molecule has 2 aromatic rings. The van der Waals surface area contributed by atoms with E-state index in [0.717, 1.165) is 6.07 Å². The van der Waals surface area contributed by atoms with Crippen LogP contribution in [0.1, 0.15) is 17.4 Å². The zero-order valence-electron chi connectivity index (χ0n) is 13.0. The zero-order chi connectivity index (χ0) is 17.1. The van der Waals surface area contributed by atoms with Gasteiger partial charge >= 0.3 is 0 Å². The maximum absolute atomic E-state index is 14.4. The first-order valence-electron chi connectivity index (χ1n) is 7.62. The summed E-state index contributed by atoms with van der Waals surface area (Å²) in [6.45, 7) is 3.72. The van der Waals surface area contributed by atoms with Gasteiger partial charge in [0, 0.05) is 22.6 Å². The van der Waals surface area contributed by atoms with Crippen LogP contribution in [0.25, 0.3) is 11.1 Å². The predicted octanol–water partition coefficient (Wildman–Crippen LogP) is 4.95. The fourth-order valence-electron chi connectivity index (χ4n) is 2.58. The third-order valence-corrected chi connectivity index (χ3v) is 4.03. The van der Waals surface area contributed by atoms with Crippen molar-refractivity contribution in [3.05, 3.63) is 71.8 Å². The molecule has 0 radical (unpaired) electrons. The highest BCUT2D eigenvalue weighted by Crippen LogP contribution is 2.30. The first kappa shape index (κ1) is 16.7. The van der Waals surface area contributed by atoms with Crippen molar-refractivity contribution in [3.8, 4) is 11.1 Å². The minimum atomic E-state index is -0.893. The summed E-state index contributed by atoms with van der Waals surface area (Å²) < 4.78 is 51.8. The minimum Gasteiger partial charge on any atom is -0.348 e. The van der Waals surface area contributed by atoms with Crippen LogP contribution in [0.4, 0.5) is 13.2 Å². The summed E-state index contributed by atoms with van der Waals surface area (Å²) in [7, 11) is 0. The van der Waals surface area contributed by atoms with E-state index in [4.69, 9.17) is 9.47 Å². The Labute approximate surface area is 138 Å². The molecule has 1 saturated heterocycles. The zero-order valence-corrected chi connectivity index (χ0v) is 13.0. The molecule has 0 atom stereocenters. The number of rotatable bonds is 4. The molecule has 5 heteroatoms. The fraction of sp³-hybridized carbons (Fsp3) is 0.263. The molecule has 0 bridgehead atoms. The monoisotopic (exact) mass is 334 g/mol. The number of hydrogen-bond donors (Lipinski definition) is 0. The number of halogens is 3. The maximum Gasteiger partial charge on any atom is 0.183 e. The van der Waals surface area contributed by atoms with Gasteiger partial charge in [-0.2, -0.15) is 0 Å². The molecule has 1 aliphatic heterocycles. The molecular formula is C19H17F3O2. The molecule has 0 aliphatic carbocycles. The van der Waals surface area contributed by atoms with E-state index in [1.54, 1.807) is 18.2 Å². The van der Waals surface area contributed by atoms with Crippen molar-refractivity contribution in [3.63, 3.8) is 0 Å². The molecule has 3 rings (SSSR count). The molecule has 1 heterocycles. The number of hydrogen-bond acceptors (Lipinski definition) is 2. The lowest BCUT2D eigenvalue weighted by Gasteiger charge is -2.28. The third-order valence-electron chi connectivity index (χ3n) is 4.03. The Morgan fingerprint density at radius 2 is 1.79 bits per heavy atom. The molecule has 0 spiro atoms. The molecule has 24 heavy (non-hydrogen) atoms. The van der Waals surface area contributed by atoms with Gasteiger partial charge in [-0.25, -0.2) is 13.2 Å². The average Bonchev–Trinajstić information content (AvgIpc) is 2.61. The van der Waals surface area contributed by atoms with Crippen LogP contribution in [0, 0.1) is 17.6 Å². The average molecular weight is 334 g/mol. The molecule has 0 unspecified atom stereocenters. The first-order chi connectivity index (χ1) is 11.6. The molecule has 1 aliphatic rings. The second kappa shape index (κ2) is 7.20.